The third kappa shape index (κ3) is 3.79. The Morgan fingerprint density at radius 2 is 2.00 bits per heavy atom. The molecule has 0 fully saturated rings. The maximum Gasteiger partial charge on any atom is 0.269 e. The third-order valence-electron chi connectivity index (χ3n) is 3.27. The number of nitro benzene ring substituents is 1. The van der Waals surface area contributed by atoms with Crippen LogP contribution in [0.5, 0.6) is 5.75 Å². The van der Waals surface area contributed by atoms with Gasteiger partial charge in [-0.25, -0.2) is 0 Å². The van der Waals surface area contributed by atoms with Crippen LogP contribution < -0.4 is 10.5 Å². The quantitative estimate of drug-likeness (QED) is 0.650. The molecule has 5 nitrogen and oxygen atoms in total. The van der Waals surface area contributed by atoms with Gasteiger partial charge in [0.2, 0.25) is 0 Å². The van der Waals surface area contributed by atoms with Gasteiger partial charge < -0.3 is 10.5 Å². The summed E-state index contributed by atoms with van der Waals surface area (Å²) >= 11 is 0. The number of hydrogen-bond acceptors (Lipinski definition) is 4. The van der Waals surface area contributed by atoms with E-state index in [2.05, 4.69) is 0 Å². The predicted molar refractivity (Wildman–Crippen MR) is 81.1 cm³/mol. The molecule has 0 spiro atoms. The lowest BCUT2D eigenvalue weighted by atomic mass is 10.0. The highest BCUT2D eigenvalue weighted by Gasteiger charge is 2.11. The Hall–Kier alpha value is -2.40. The number of benzene rings is 2. The van der Waals surface area contributed by atoms with Crippen LogP contribution in [0.15, 0.2) is 48.5 Å². The molecule has 21 heavy (non-hydrogen) atoms. The van der Waals surface area contributed by atoms with E-state index in [0.29, 0.717) is 0 Å². The van der Waals surface area contributed by atoms with Crippen LogP contribution in [0.4, 0.5) is 5.69 Å². The van der Waals surface area contributed by atoms with Gasteiger partial charge in [0, 0.05) is 23.7 Å². The van der Waals surface area contributed by atoms with Crippen molar-refractivity contribution < 1.29 is 9.66 Å². The van der Waals surface area contributed by atoms with Crippen molar-refractivity contribution in [2.24, 2.45) is 5.73 Å². The van der Waals surface area contributed by atoms with Crippen LogP contribution in [-0.4, -0.2) is 4.92 Å². The zero-order valence-electron chi connectivity index (χ0n) is 11.9. The second-order valence-corrected chi connectivity index (χ2v) is 4.77. The van der Waals surface area contributed by atoms with Crippen molar-refractivity contribution in [2.75, 3.05) is 0 Å². The van der Waals surface area contributed by atoms with Gasteiger partial charge in [0.05, 0.1) is 4.92 Å². The first-order valence-electron chi connectivity index (χ1n) is 6.82. The molecule has 2 aromatic carbocycles. The zero-order valence-corrected chi connectivity index (χ0v) is 11.9. The van der Waals surface area contributed by atoms with Gasteiger partial charge in [-0.2, -0.15) is 0 Å². The molecule has 5 heteroatoms. The molecule has 2 N–H and O–H groups in total. The van der Waals surface area contributed by atoms with Crippen molar-refractivity contribution in [1.82, 2.24) is 0 Å². The number of nitrogens with zero attached hydrogens (tertiary/aromatic N) is 1. The average Bonchev–Trinajstić information content (AvgIpc) is 2.52. The molecule has 0 amide bonds. The lowest BCUT2D eigenvalue weighted by molar-refractivity contribution is -0.384. The van der Waals surface area contributed by atoms with Gasteiger partial charge in [0.1, 0.15) is 12.4 Å². The van der Waals surface area contributed by atoms with Crippen molar-refractivity contribution >= 4 is 5.69 Å². The van der Waals surface area contributed by atoms with Crippen LogP contribution in [0.1, 0.15) is 30.5 Å². The molecule has 0 aliphatic carbocycles. The number of rotatable bonds is 6. The first-order valence-corrected chi connectivity index (χ1v) is 6.82. The highest BCUT2D eigenvalue weighted by Crippen LogP contribution is 2.26. The Morgan fingerprint density at radius 3 is 2.71 bits per heavy atom. The van der Waals surface area contributed by atoms with Crippen LogP contribution in [0.2, 0.25) is 0 Å². The smallest absolute Gasteiger partial charge is 0.269 e. The number of para-hydroxylation sites is 1. The molecule has 0 aliphatic rings. The summed E-state index contributed by atoms with van der Waals surface area (Å²) < 4.78 is 5.78. The lowest BCUT2D eigenvalue weighted by Gasteiger charge is -2.15. The Balaban J connectivity index is 2.13. The molecule has 1 unspecified atom stereocenters. The second-order valence-electron chi connectivity index (χ2n) is 4.77. The number of nitro groups is 1. The van der Waals surface area contributed by atoms with E-state index < -0.39 is 4.92 Å². The van der Waals surface area contributed by atoms with Crippen LogP contribution in [0, 0.1) is 10.1 Å². The maximum atomic E-state index is 10.8. The van der Waals surface area contributed by atoms with Crippen molar-refractivity contribution in [3.05, 3.63) is 69.8 Å². The Kier molecular flexibility index (Phi) is 4.90. The highest BCUT2D eigenvalue weighted by atomic mass is 16.6. The van der Waals surface area contributed by atoms with Crippen molar-refractivity contribution in [3.63, 3.8) is 0 Å². The second kappa shape index (κ2) is 6.85. The molecule has 0 heterocycles. The topological polar surface area (TPSA) is 78.4 Å². The van der Waals surface area contributed by atoms with Gasteiger partial charge in [-0.05, 0) is 18.1 Å². The van der Waals surface area contributed by atoms with Crippen molar-refractivity contribution in [2.45, 2.75) is 26.0 Å². The standard InChI is InChI=1S/C16H18N2O3/c1-2-15(17)14-8-3-4-9-16(14)21-11-12-6-5-7-13(10-12)18(19)20/h3-10,15H,2,11,17H2,1H3. The molecule has 2 aromatic rings. The predicted octanol–water partition coefficient (Wildman–Crippen LogP) is 3.58. The largest absolute Gasteiger partial charge is 0.489 e. The van der Waals surface area contributed by atoms with Crippen LogP contribution in [0.25, 0.3) is 0 Å². The number of non-ortho nitro benzene ring substituents is 1. The summed E-state index contributed by atoms with van der Waals surface area (Å²) in [4.78, 5) is 10.3. The van der Waals surface area contributed by atoms with Crippen LogP contribution >= 0.6 is 0 Å². The summed E-state index contributed by atoms with van der Waals surface area (Å²) in [7, 11) is 0. The lowest BCUT2D eigenvalue weighted by Crippen LogP contribution is -2.10. The molecule has 0 saturated carbocycles. The van der Waals surface area contributed by atoms with E-state index in [0.717, 1.165) is 23.3 Å². The monoisotopic (exact) mass is 286 g/mol. The van der Waals surface area contributed by atoms with Gasteiger partial charge >= 0.3 is 0 Å². The van der Waals surface area contributed by atoms with Gasteiger partial charge in [-0.1, -0.05) is 37.3 Å². The van der Waals surface area contributed by atoms with Gasteiger partial charge in [0.15, 0.2) is 0 Å². The first-order chi connectivity index (χ1) is 10.1. The SMILES string of the molecule is CCC(N)c1ccccc1OCc1cccc([N+](=O)[O-])c1. The van der Waals surface area contributed by atoms with E-state index >= 15 is 0 Å². The molecular formula is C16H18N2O3. The van der Waals surface area contributed by atoms with Gasteiger partial charge in [-0.3, -0.25) is 10.1 Å². The molecule has 0 aliphatic heterocycles. The van der Waals surface area contributed by atoms with Crippen LogP contribution in [-0.2, 0) is 6.61 Å². The molecule has 1 atom stereocenters. The summed E-state index contributed by atoms with van der Waals surface area (Å²) in [5, 5.41) is 10.8. The fraction of sp³-hybridized carbons (Fsp3) is 0.250. The summed E-state index contributed by atoms with van der Waals surface area (Å²) in [6, 6.07) is 14.0. The number of nitrogens with two attached hydrogens (primary N) is 1. The highest BCUT2D eigenvalue weighted by molar-refractivity contribution is 5.37. The molecule has 0 radical (unpaired) electrons. The molecule has 0 aromatic heterocycles. The Bertz CT molecular complexity index is 628. The molecule has 2 rings (SSSR count). The van der Waals surface area contributed by atoms with E-state index in [-0.39, 0.29) is 18.3 Å². The first kappa shape index (κ1) is 15.0. The van der Waals surface area contributed by atoms with Crippen molar-refractivity contribution in [3.8, 4) is 5.75 Å². The third-order valence-corrected chi connectivity index (χ3v) is 3.27. The van der Waals surface area contributed by atoms with E-state index in [1.54, 1.807) is 12.1 Å². The Morgan fingerprint density at radius 1 is 1.24 bits per heavy atom. The van der Waals surface area contributed by atoms with Crippen LogP contribution in [0.3, 0.4) is 0 Å². The summed E-state index contributed by atoms with van der Waals surface area (Å²) in [5.41, 5.74) is 7.83. The van der Waals surface area contributed by atoms with E-state index in [4.69, 9.17) is 10.5 Å². The maximum absolute atomic E-state index is 10.8. The minimum atomic E-state index is -0.412. The number of ether oxygens (including phenoxy) is 1. The fourth-order valence-corrected chi connectivity index (χ4v) is 2.06. The minimum Gasteiger partial charge on any atom is -0.489 e. The Labute approximate surface area is 123 Å². The molecular weight excluding hydrogens is 268 g/mol. The summed E-state index contributed by atoms with van der Waals surface area (Å²) in [5.74, 6) is 0.721. The average molecular weight is 286 g/mol. The summed E-state index contributed by atoms with van der Waals surface area (Å²) in [6.45, 7) is 2.29. The van der Waals surface area contributed by atoms with Gasteiger partial charge in [-0.15, -0.1) is 0 Å². The zero-order chi connectivity index (χ0) is 15.2. The molecule has 110 valence electrons. The fourth-order valence-electron chi connectivity index (χ4n) is 2.06. The van der Waals surface area contributed by atoms with Crippen molar-refractivity contribution in [1.29, 1.82) is 0 Å². The van der Waals surface area contributed by atoms with E-state index in [9.17, 15) is 10.1 Å². The number of hydrogen-bond donors (Lipinski definition) is 1. The normalized spacial score (nSPS) is 11.9. The molecule has 0 saturated heterocycles. The minimum absolute atomic E-state index is 0.0645. The van der Waals surface area contributed by atoms with Gasteiger partial charge in [0.25, 0.3) is 5.69 Å². The molecule has 0 bridgehead atoms. The van der Waals surface area contributed by atoms with E-state index in [1.807, 2.05) is 31.2 Å². The van der Waals surface area contributed by atoms with E-state index in [1.165, 1.54) is 12.1 Å². The summed E-state index contributed by atoms with van der Waals surface area (Å²) in [6.07, 6.45) is 0.817.